The van der Waals surface area contributed by atoms with Crippen LogP contribution in [0, 0.1) is 23.3 Å². The van der Waals surface area contributed by atoms with Crippen molar-refractivity contribution in [2.24, 2.45) is 0 Å². The molecule has 1 nitrogen and oxygen atoms in total. The molecule has 0 amide bonds. The van der Waals surface area contributed by atoms with Gasteiger partial charge in [-0.15, -0.1) is 0 Å². The monoisotopic (exact) mass is 301 g/mol. The van der Waals surface area contributed by atoms with Gasteiger partial charge in [0.15, 0.2) is 0 Å². The third kappa shape index (κ3) is 3.32. The topological polar surface area (TPSA) is 12.0 Å². The number of rotatable bonds is 4. The van der Waals surface area contributed by atoms with Crippen LogP contribution in [0.15, 0.2) is 40.1 Å². The second kappa shape index (κ2) is 6.28. The molecule has 0 heterocycles. The molecule has 0 atom stereocenters. The van der Waals surface area contributed by atoms with Crippen molar-refractivity contribution >= 4 is 11.8 Å². The van der Waals surface area contributed by atoms with E-state index in [1.54, 1.807) is 7.05 Å². The Labute approximate surface area is 118 Å². The van der Waals surface area contributed by atoms with Gasteiger partial charge in [-0.2, -0.15) is 0 Å². The van der Waals surface area contributed by atoms with Crippen LogP contribution < -0.4 is 5.32 Å². The molecule has 0 aromatic heterocycles. The van der Waals surface area contributed by atoms with E-state index in [1.807, 2.05) is 0 Å². The molecule has 0 aliphatic rings. The number of halogens is 4. The van der Waals surface area contributed by atoms with Crippen LogP contribution in [-0.4, -0.2) is 7.05 Å². The van der Waals surface area contributed by atoms with Crippen molar-refractivity contribution in [1.82, 2.24) is 5.32 Å². The first kappa shape index (κ1) is 14.9. The summed E-state index contributed by atoms with van der Waals surface area (Å²) in [6.07, 6.45) is 0. The average molecular weight is 301 g/mol. The van der Waals surface area contributed by atoms with Crippen LogP contribution in [0.4, 0.5) is 17.6 Å². The lowest BCUT2D eigenvalue weighted by Gasteiger charge is -2.08. The van der Waals surface area contributed by atoms with Gasteiger partial charge >= 0.3 is 0 Å². The van der Waals surface area contributed by atoms with Crippen molar-refractivity contribution in [3.05, 3.63) is 59.2 Å². The first-order valence-electron chi connectivity index (χ1n) is 5.76. The number of hydrogen-bond donors (Lipinski definition) is 1. The summed E-state index contributed by atoms with van der Waals surface area (Å²) in [5.74, 6) is -3.14. The second-order valence-electron chi connectivity index (χ2n) is 4.10. The lowest BCUT2D eigenvalue weighted by atomic mass is 10.2. The minimum Gasteiger partial charge on any atom is -0.316 e. The van der Waals surface area contributed by atoms with Gasteiger partial charge in [0, 0.05) is 17.5 Å². The molecule has 20 heavy (non-hydrogen) atoms. The maximum Gasteiger partial charge on any atom is 0.140 e. The Morgan fingerprint density at radius 1 is 0.950 bits per heavy atom. The number of nitrogens with one attached hydrogen (secondary N) is 1. The molecule has 1 N–H and O–H groups in total. The van der Waals surface area contributed by atoms with Gasteiger partial charge in [-0.1, -0.05) is 11.8 Å². The van der Waals surface area contributed by atoms with Crippen LogP contribution in [0.25, 0.3) is 0 Å². The number of hydrogen-bond acceptors (Lipinski definition) is 2. The van der Waals surface area contributed by atoms with Gasteiger partial charge in [0.1, 0.15) is 23.3 Å². The van der Waals surface area contributed by atoms with Gasteiger partial charge in [-0.25, -0.2) is 17.6 Å². The van der Waals surface area contributed by atoms with Crippen molar-refractivity contribution < 1.29 is 17.6 Å². The first-order chi connectivity index (χ1) is 9.51. The maximum atomic E-state index is 13.8. The molecule has 0 saturated heterocycles. The Morgan fingerprint density at radius 3 is 2.15 bits per heavy atom. The van der Waals surface area contributed by atoms with Crippen LogP contribution in [-0.2, 0) is 6.54 Å². The van der Waals surface area contributed by atoms with Crippen molar-refractivity contribution in [2.45, 2.75) is 16.3 Å². The summed E-state index contributed by atoms with van der Waals surface area (Å²) >= 11 is 0.591. The highest BCUT2D eigenvalue weighted by Gasteiger charge is 2.15. The van der Waals surface area contributed by atoms with E-state index >= 15 is 0 Å². The highest BCUT2D eigenvalue weighted by atomic mass is 32.2. The standard InChI is InChI=1S/C14H11F4NS/c1-19-7-8-4-11(17)14(12(18)5-8)20-13-3-2-9(15)6-10(13)16/h2-6,19H,7H2,1H3. The normalized spacial score (nSPS) is 10.8. The quantitative estimate of drug-likeness (QED) is 0.853. The summed E-state index contributed by atoms with van der Waals surface area (Å²) in [5.41, 5.74) is 0.450. The molecular formula is C14H11F4NS. The molecule has 0 fully saturated rings. The van der Waals surface area contributed by atoms with E-state index < -0.39 is 23.3 Å². The zero-order chi connectivity index (χ0) is 14.7. The van der Waals surface area contributed by atoms with E-state index in [0.717, 1.165) is 12.1 Å². The van der Waals surface area contributed by atoms with E-state index in [1.165, 1.54) is 12.1 Å². The number of benzene rings is 2. The van der Waals surface area contributed by atoms with E-state index in [0.29, 0.717) is 29.9 Å². The molecule has 0 aliphatic heterocycles. The Kier molecular flexibility index (Phi) is 4.67. The minimum atomic E-state index is -0.854. The molecule has 2 aromatic rings. The van der Waals surface area contributed by atoms with Crippen LogP contribution in [0.1, 0.15) is 5.56 Å². The summed E-state index contributed by atoms with van der Waals surface area (Å²) in [6.45, 7) is 0.323. The summed E-state index contributed by atoms with van der Waals surface area (Å²) in [4.78, 5) is -0.346. The molecule has 0 spiro atoms. The lowest BCUT2D eigenvalue weighted by molar-refractivity contribution is 0.534. The summed E-state index contributed by atoms with van der Waals surface area (Å²) < 4.78 is 54.0. The van der Waals surface area contributed by atoms with Crippen molar-refractivity contribution in [1.29, 1.82) is 0 Å². The Morgan fingerprint density at radius 2 is 1.60 bits per heavy atom. The fourth-order valence-electron chi connectivity index (χ4n) is 1.68. The molecular weight excluding hydrogens is 290 g/mol. The van der Waals surface area contributed by atoms with Gasteiger partial charge in [0.05, 0.1) is 4.90 Å². The van der Waals surface area contributed by atoms with E-state index in [2.05, 4.69) is 5.32 Å². The van der Waals surface area contributed by atoms with Crippen molar-refractivity contribution in [3.63, 3.8) is 0 Å². The molecule has 0 aliphatic carbocycles. The SMILES string of the molecule is CNCc1cc(F)c(Sc2ccc(F)cc2F)c(F)c1. The second-order valence-corrected chi connectivity index (χ2v) is 5.15. The molecule has 2 aromatic carbocycles. The van der Waals surface area contributed by atoms with Gasteiger partial charge in [-0.05, 0) is 36.9 Å². The molecule has 2 rings (SSSR count). The predicted octanol–water partition coefficient (Wildman–Crippen LogP) is 4.11. The van der Waals surface area contributed by atoms with Gasteiger partial charge in [0.25, 0.3) is 0 Å². The van der Waals surface area contributed by atoms with Crippen LogP contribution in [0.5, 0.6) is 0 Å². The lowest BCUT2D eigenvalue weighted by Crippen LogP contribution is -2.06. The molecule has 0 saturated carbocycles. The average Bonchev–Trinajstić information content (AvgIpc) is 2.36. The Balaban J connectivity index is 2.33. The van der Waals surface area contributed by atoms with E-state index in [9.17, 15) is 17.6 Å². The van der Waals surface area contributed by atoms with E-state index in [-0.39, 0.29) is 9.79 Å². The Hall–Kier alpha value is -1.53. The smallest absolute Gasteiger partial charge is 0.140 e. The summed E-state index contributed by atoms with van der Waals surface area (Å²) in [5, 5.41) is 2.78. The molecule has 0 radical (unpaired) electrons. The zero-order valence-corrected chi connectivity index (χ0v) is 11.3. The van der Waals surface area contributed by atoms with Crippen molar-refractivity contribution in [2.75, 3.05) is 7.05 Å². The predicted molar refractivity (Wildman–Crippen MR) is 69.6 cm³/mol. The van der Waals surface area contributed by atoms with Crippen LogP contribution >= 0.6 is 11.8 Å². The minimum absolute atomic E-state index is 0.0365. The molecule has 106 valence electrons. The Bertz CT molecular complexity index is 608. The molecule has 0 bridgehead atoms. The van der Waals surface area contributed by atoms with Gasteiger partial charge < -0.3 is 5.32 Å². The highest BCUT2D eigenvalue weighted by Crippen LogP contribution is 2.34. The van der Waals surface area contributed by atoms with Crippen LogP contribution in [0.3, 0.4) is 0 Å². The summed E-state index contributed by atoms with van der Waals surface area (Å²) in [7, 11) is 1.66. The third-order valence-corrected chi connectivity index (χ3v) is 3.69. The van der Waals surface area contributed by atoms with Crippen LogP contribution in [0.2, 0.25) is 0 Å². The van der Waals surface area contributed by atoms with E-state index in [4.69, 9.17) is 0 Å². The fourth-order valence-corrected chi connectivity index (χ4v) is 2.51. The maximum absolute atomic E-state index is 13.8. The fraction of sp³-hybridized carbons (Fsp3) is 0.143. The van der Waals surface area contributed by atoms with Gasteiger partial charge in [0.2, 0.25) is 0 Å². The zero-order valence-electron chi connectivity index (χ0n) is 10.5. The highest BCUT2D eigenvalue weighted by molar-refractivity contribution is 7.99. The van der Waals surface area contributed by atoms with Crippen molar-refractivity contribution in [3.8, 4) is 0 Å². The third-order valence-electron chi connectivity index (χ3n) is 2.54. The molecule has 0 unspecified atom stereocenters. The van der Waals surface area contributed by atoms with Gasteiger partial charge in [-0.3, -0.25) is 0 Å². The first-order valence-corrected chi connectivity index (χ1v) is 6.58. The molecule has 6 heteroatoms. The largest absolute Gasteiger partial charge is 0.316 e. The summed E-state index contributed by atoms with van der Waals surface area (Å²) in [6, 6.07) is 5.23.